The number of methoxy groups -OCH3 is 6. The Morgan fingerprint density at radius 3 is 0.494 bits per heavy atom. The third-order valence-electron chi connectivity index (χ3n) is 12.1. The van der Waals surface area contributed by atoms with Gasteiger partial charge in [0.15, 0.2) is 0 Å². The fraction of sp³-hybridized carbons (Fsp3) is 0.0909. The van der Waals surface area contributed by atoms with Crippen molar-refractivity contribution < 1.29 is 155 Å². The van der Waals surface area contributed by atoms with Crippen LogP contribution in [0.4, 0.5) is 34.1 Å². The molecule has 7 N–H and O–H groups in total. The Bertz CT molecular complexity index is 3260. The van der Waals surface area contributed by atoms with E-state index in [0.29, 0.717) is 67.5 Å². The first-order chi connectivity index (χ1) is 40.9. The van der Waals surface area contributed by atoms with E-state index in [1.807, 2.05) is 36.4 Å². The van der Waals surface area contributed by atoms with Crippen LogP contribution < -0.4 is 59.1 Å². The monoisotopic (exact) mass is 1490 g/mol. The topological polar surface area (TPSA) is 364 Å². The SMILES string of the molecule is COc1cccc(C=Nc2ccccc2N=Cc2cccc(OC)c2[O-])c1[O-].COc1cccc(C=Nc2ccccc2N=Cc2cccc(OC)c2[O-])c1[O-].COc1cccc(C=Nc2ccccc2N=Cc2cccc(OC)c2[O-])c1[O-].O.O.[Gd+3].[Gd+3].[OH3+]. The van der Waals surface area contributed by atoms with Crippen LogP contribution in [0.25, 0.3) is 0 Å². The summed E-state index contributed by atoms with van der Waals surface area (Å²) in [6.07, 6.45) is 8.86. The molecule has 0 saturated heterocycles. The maximum Gasteiger partial charge on any atom is 3.00 e. The van der Waals surface area contributed by atoms with Gasteiger partial charge in [-0.05, 0) is 106 Å². The van der Waals surface area contributed by atoms with E-state index < -0.39 is 0 Å². The van der Waals surface area contributed by atoms with Gasteiger partial charge in [0.1, 0.15) is 34.5 Å². The fourth-order valence-electron chi connectivity index (χ4n) is 7.65. The fourth-order valence-corrected chi connectivity index (χ4v) is 7.65. The molecule has 0 spiro atoms. The molecule has 23 heteroatoms. The molecule has 0 saturated carbocycles. The summed E-state index contributed by atoms with van der Waals surface area (Å²) in [7, 11) is 8.69. The maximum absolute atomic E-state index is 12.2. The second-order valence-electron chi connectivity index (χ2n) is 17.3. The van der Waals surface area contributed by atoms with Crippen LogP contribution in [0, 0.1) is 79.9 Å². The number of ether oxygens (including phenoxy) is 6. The number of para-hydroxylation sites is 12. The zero-order valence-electron chi connectivity index (χ0n) is 48.7. The summed E-state index contributed by atoms with van der Waals surface area (Å²) >= 11 is 0. The molecular formula is C66H61Gd2N6O15+. The summed E-state index contributed by atoms with van der Waals surface area (Å²) in [5.41, 5.74) is 5.86. The van der Waals surface area contributed by atoms with Gasteiger partial charge in [0.05, 0.1) is 76.8 Å². The van der Waals surface area contributed by atoms with E-state index in [1.54, 1.807) is 146 Å². The minimum absolute atomic E-state index is 0. The molecule has 0 amide bonds. The molecule has 0 aliphatic heterocycles. The van der Waals surface area contributed by atoms with Crippen molar-refractivity contribution in [1.29, 1.82) is 0 Å². The van der Waals surface area contributed by atoms with E-state index in [2.05, 4.69) is 30.0 Å². The van der Waals surface area contributed by atoms with Crippen molar-refractivity contribution in [3.05, 3.63) is 215 Å². The van der Waals surface area contributed by atoms with Crippen LogP contribution in [0.1, 0.15) is 33.4 Å². The summed E-state index contributed by atoms with van der Waals surface area (Å²) in [6.45, 7) is 0. The first-order valence-electron chi connectivity index (χ1n) is 25.5. The van der Waals surface area contributed by atoms with Gasteiger partial charge in [-0.15, -0.1) is 0 Å². The van der Waals surface area contributed by atoms with Gasteiger partial charge in [-0.25, -0.2) is 0 Å². The molecule has 0 atom stereocenters. The predicted molar refractivity (Wildman–Crippen MR) is 330 cm³/mol. The number of hydrogen-bond donors (Lipinski definition) is 0. The van der Waals surface area contributed by atoms with E-state index in [1.165, 1.54) is 79.9 Å². The van der Waals surface area contributed by atoms with E-state index >= 15 is 0 Å². The van der Waals surface area contributed by atoms with Gasteiger partial charge in [-0.2, -0.15) is 0 Å². The van der Waals surface area contributed by atoms with Crippen molar-refractivity contribution in [1.82, 2.24) is 0 Å². The molecule has 0 aliphatic rings. The minimum atomic E-state index is -0.234. The number of aliphatic imine (C=N–C) groups is 6. The first-order valence-corrected chi connectivity index (χ1v) is 25.5. The van der Waals surface area contributed by atoms with Crippen LogP contribution >= 0.6 is 0 Å². The summed E-state index contributed by atoms with van der Waals surface area (Å²) in [5, 5.41) is 73.3. The van der Waals surface area contributed by atoms with Gasteiger partial charge in [0.2, 0.25) is 0 Å². The molecule has 0 fully saturated rings. The van der Waals surface area contributed by atoms with Crippen LogP contribution in [0.3, 0.4) is 0 Å². The third-order valence-corrected chi connectivity index (χ3v) is 12.1. The van der Waals surface area contributed by atoms with Gasteiger partial charge in [0, 0.05) is 37.3 Å². The Morgan fingerprint density at radius 2 is 0.371 bits per heavy atom. The molecule has 89 heavy (non-hydrogen) atoms. The summed E-state index contributed by atoms with van der Waals surface area (Å²) in [6, 6.07) is 51.6. The van der Waals surface area contributed by atoms with Crippen molar-refractivity contribution >= 4 is 71.4 Å². The Hall–Kier alpha value is -8.87. The van der Waals surface area contributed by atoms with Crippen LogP contribution in [-0.4, -0.2) is 90.9 Å². The van der Waals surface area contributed by atoms with Gasteiger partial charge in [0.25, 0.3) is 0 Å². The van der Waals surface area contributed by atoms with Crippen LogP contribution in [0.15, 0.2) is 212 Å². The largest absolute Gasteiger partial charge is 3.00 e. The van der Waals surface area contributed by atoms with E-state index in [4.69, 9.17) is 28.4 Å². The second kappa shape index (κ2) is 39.1. The van der Waals surface area contributed by atoms with Gasteiger partial charge >= 0.3 is 79.9 Å². The van der Waals surface area contributed by atoms with Gasteiger partial charge in [-0.1, -0.05) is 144 Å². The summed E-state index contributed by atoms with van der Waals surface area (Å²) in [5.74, 6) is 0.158. The Balaban J connectivity index is 0.000000443. The standard InChI is InChI=1S/3C22H20N2O4.2Gd.3H2O/c3*1-27-19-11-5-7-15(21(19)25)13-23-17-9-3-4-10-18(17)24-14-16-8-6-12-20(28-2)22(16)26;;;;;/h3*3-14,25-26H,1-2H3;;;3*1H2/q;;;2*+3;;;/p-5. The molecule has 21 nitrogen and oxygen atoms in total. The zero-order valence-corrected chi connectivity index (χ0v) is 53.2. The predicted octanol–water partition coefficient (Wildman–Crippen LogP) is 7.49. The molecule has 0 bridgehead atoms. The summed E-state index contributed by atoms with van der Waals surface area (Å²) < 4.78 is 30.2. The molecule has 0 aliphatic carbocycles. The zero-order chi connectivity index (χ0) is 59.8. The molecule has 0 unspecified atom stereocenters. The van der Waals surface area contributed by atoms with Crippen molar-refractivity contribution in [2.45, 2.75) is 0 Å². The van der Waals surface area contributed by atoms with Crippen molar-refractivity contribution in [2.75, 3.05) is 42.7 Å². The quantitative estimate of drug-likeness (QED) is 0.0596. The smallest absolute Gasteiger partial charge is 0.870 e. The number of benzene rings is 9. The molecule has 0 heterocycles. The van der Waals surface area contributed by atoms with E-state index in [9.17, 15) is 30.6 Å². The van der Waals surface area contributed by atoms with Crippen LogP contribution in [0.5, 0.6) is 69.0 Å². The second-order valence-corrected chi connectivity index (χ2v) is 17.3. The molecule has 0 aromatic heterocycles. The molecular weight excluding hydrogens is 1430 g/mol. The number of nitrogens with zero attached hydrogens (tertiary/aromatic N) is 6. The van der Waals surface area contributed by atoms with Crippen LogP contribution in [0.2, 0.25) is 0 Å². The Labute approximate surface area is 578 Å². The number of hydrogen-bond acceptors (Lipinski definition) is 18. The van der Waals surface area contributed by atoms with Gasteiger partial charge < -0.3 is 75.5 Å². The average Bonchev–Trinajstić information content (AvgIpc) is 3.67. The molecule has 9 rings (SSSR count). The van der Waals surface area contributed by atoms with E-state index in [-0.39, 0.29) is 165 Å². The van der Waals surface area contributed by atoms with Crippen molar-refractivity contribution in [2.24, 2.45) is 30.0 Å². The molecule has 2 radical (unpaired) electrons. The Kier molecular flexibility index (Phi) is 33.5. The van der Waals surface area contributed by atoms with Crippen molar-refractivity contribution in [3.63, 3.8) is 0 Å². The average molecular weight is 1490 g/mol. The maximum atomic E-state index is 12.2. The van der Waals surface area contributed by atoms with E-state index in [0.717, 1.165) is 0 Å². The van der Waals surface area contributed by atoms with Crippen LogP contribution in [-0.2, 0) is 5.48 Å². The first kappa shape index (κ1) is 76.2. The molecule has 9 aromatic carbocycles. The van der Waals surface area contributed by atoms with Gasteiger partial charge in [-0.3, -0.25) is 30.0 Å². The Morgan fingerprint density at radius 1 is 0.236 bits per heavy atom. The summed E-state index contributed by atoms with van der Waals surface area (Å²) in [4.78, 5) is 26.3. The van der Waals surface area contributed by atoms with Crippen molar-refractivity contribution in [3.8, 4) is 69.0 Å². The normalized spacial score (nSPS) is 10.6. The number of rotatable bonds is 18. The molecule has 9 aromatic rings. The molecule has 460 valence electrons. The minimum Gasteiger partial charge on any atom is -0.870 e. The third kappa shape index (κ3) is 20.9.